The highest BCUT2D eigenvalue weighted by molar-refractivity contribution is 14.1. The number of phenolic OH excluding ortho intramolecular Hbond substituents is 1. The van der Waals surface area contributed by atoms with E-state index in [1.807, 2.05) is 41.3 Å². The maximum atomic E-state index is 13.3. The molecule has 0 bridgehead atoms. The largest absolute Gasteiger partial charge is 0.508 e. The molecule has 7 heteroatoms. The molecule has 0 aliphatic carbocycles. The molecule has 2 atom stereocenters. The third-order valence-corrected chi connectivity index (χ3v) is 6.70. The van der Waals surface area contributed by atoms with E-state index in [9.17, 15) is 9.90 Å². The highest BCUT2D eigenvalue weighted by atomic mass is 127. The van der Waals surface area contributed by atoms with E-state index >= 15 is 0 Å². The molecular formula is C24H29ClIN3O2. The lowest BCUT2D eigenvalue weighted by atomic mass is 10.0. The molecule has 0 aromatic heterocycles. The first-order chi connectivity index (χ1) is 15.0. The Kier molecular flexibility index (Phi) is 9.02. The quantitative estimate of drug-likeness (QED) is 0.269. The van der Waals surface area contributed by atoms with Crippen molar-refractivity contribution in [2.24, 2.45) is 5.10 Å². The van der Waals surface area contributed by atoms with E-state index in [1.54, 1.807) is 12.1 Å². The van der Waals surface area contributed by atoms with Gasteiger partial charge in [-0.3, -0.25) is 4.79 Å². The maximum Gasteiger partial charge on any atom is 0.224 e. The third-order valence-electron chi connectivity index (χ3n) is 5.42. The van der Waals surface area contributed by atoms with Gasteiger partial charge in [-0.1, -0.05) is 84.6 Å². The number of carbonyl (C=O) groups is 1. The van der Waals surface area contributed by atoms with Crippen LogP contribution in [0.3, 0.4) is 0 Å². The van der Waals surface area contributed by atoms with E-state index in [2.05, 4.69) is 34.9 Å². The van der Waals surface area contributed by atoms with Crippen LogP contribution in [0.15, 0.2) is 53.6 Å². The smallest absolute Gasteiger partial charge is 0.224 e. The van der Waals surface area contributed by atoms with Crippen LogP contribution in [0.4, 0.5) is 0 Å². The molecule has 0 saturated heterocycles. The number of benzene rings is 2. The first-order valence-electron chi connectivity index (χ1n) is 10.7. The number of nitrogens with zero attached hydrogens (tertiary/aromatic N) is 2. The number of alkyl halides is 1. The predicted octanol–water partition coefficient (Wildman–Crippen LogP) is 5.52. The zero-order valence-corrected chi connectivity index (χ0v) is 20.6. The molecule has 1 heterocycles. The fourth-order valence-electron chi connectivity index (χ4n) is 3.66. The number of carbonyl (C=O) groups excluding carboxylic acids is 1. The second-order valence-electron chi connectivity index (χ2n) is 7.94. The fraction of sp³-hybridized carbons (Fsp3) is 0.417. The number of amides is 1. The van der Waals surface area contributed by atoms with Gasteiger partial charge in [0.05, 0.1) is 15.7 Å². The molecule has 1 amide bonds. The fourth-order valence-corrected chi connectivity index (χ4v) is 4.66. The van der Waals surface area contributed by atoms with Gasteiger partial charge in [-0.25, -0.2) is 0 Å². The molecule has 5 nitrogen and oxygen atoms in total. The first kappa shape index (κ1) is 23.9. The lowest BCUT2D eigenvalue weighted by Crippen LogP contribution is -2.41. The third kappa shape index (κ3) is 7.10. The van der Waals surface area contributed by atoms with Gasteiger partial charge in [0.15, 0.2) is 0 Å². The van der Waals surface area contributed by atoms with Crippen LogP contribution in [0.2, 0.25) is 5.02 Å². The Morgan fingerprint density at radius 2 is 1.87 bits per heavy atom. The summed E-state index contributed by atoms with van der Waals surface area (Å²) in [5.41, 5.74) is 6.23. The minimum absolute atomic E-state index is 0.0597. The van der Waals surface area contributed by atoms with Gasteiger partial charge < -0.3 is 15.4 Å². The average Bonchev–Trinajstić information content (AvgIpc) is 2.80. The molecule has 3 rings (SSSR count). The number of hydrazone groups is 1. The lowest BCUT2D eigenvalue weighted by Gasteiger charge is -2.27. The Morgan fingerprint density at radius 1 is 1.16 bits per heavy atom. The molecule has 2 aromatic carbocycles. The molecule has 2 aromatic rings. The van der Waals surface area contributed by atoms with Crippen molar-refractivity contribution in [2.45, 2.75) is 55.5 Å². The molecule has 31 heavy (non-hydrogen) atoms. The lowest BCUT2D eigenvalue weighted by molar-refractivity contribution is -0.131. The molecule has 166 valence electrons. The van der Waals surface area contributed by atoms with Crippen LogP contribution in [0, 0.1) is 0 Å². The molecule has 2 N–H and O–H groups in total. The Morgan fingerprint density at radius 3 is 2.55 bits per heavy atom. The van der Waals surface area contributed by atoms with Crippen LogP contribution in [-0.2, 0) is 11.3 Å². The van der Waals surface area contributed by atoms with Gasteiger partial charge in [0.1, 0.15) is 5.75 Å². The molecule has 0 radical (unpaired) electrons. The van der Waals surface area contributed by atoms with Crippen LogP contribution in [0.1, 0.15) is 50.2 Å². The Bertz CT molecular complexity index is 887. The number of aromatic hydroxyl groups is 1. The van der Waals surface area contributed by atoms with Crippen LogP contribution >= 0.6 is 34.2 Å². The molecule has 0 fully saturated rings. The van der Waals surface area contributed by atoms with E-state index in [0.717, 1.165) is 42.5 Å². The number of nitrogens with one attached hydrogen (secondary N) is 1. The highest BCUT2D eigenvalue weighted by Gasteiger charge is 2.27. The van der Waals surface area contributed by atoms with Crippen molar-refractivity contribution in [1.29, 1.82) is 0 Å². The summed E-state index contributed by atoms with van der Waals surface area (Å²) in [7, 11) is 0. The number of rotatable bonds is 7. The summed E-state index contributed by atoms with van der Waals surface area (Å²) in [4.78, 5) is 15.2. The molecular weight excluding hydrogens is 525 g/mol. The van der Waals surface area contributed by atoms with Gasteiger partial charge in [0.25, 0.3) is 0 Å². The van der Waals surface area contributed by atoms with Crippen LogP contribution < -0.4 is 5.43 Å². The van der Waals surface area contributed by atoms with E-state index in [1.165, 1.54) is 0 Å². The summed E-state index contributed by atoms with van der Waals surface area (Å²) < 4.78 is -0.0597. The highest BCUT2D eigenvalue weighted by Crippen LogP contribution is 2.22. The average molecular weight is 554 g/mol. The van der Waals surface area contributed by atoms with Crippen LogP contribution in [0.5, 0.6) is 5.75 Å². The summed E-state index contributed by atoms with van der Waals surface area (Å²) in [5.74, 6) is 0.338. The van der Waals surface area contributed by atoms with Gasteiger partial charge in [-0.15, -0.1) is 0 Å². The van der Waals surface area contributed by atoms with Crippen molar-refractivity contribution < 1.29 is 9.90 Å². The minimum Gasteiger partial charge on any atom is -0.508 e. The molecule has 1 aliphatic rings. The predicted molar refractivity (Wildman–Crippen MR) is 135 cm³/mol. The van der Waals surface area contributed by atoms with Crippen molar-refractivity contribution in [3.8, 4) is 5.75 Å². The summed E-state index contributed by atoms with van der Waals surface area (Å²) in [5, 5.41) is 15.0. The SMILES string of the molecule is CCCCCC1CN(Cc2ccc(O)cc2)C(=O)CC(I)/C(c2ccc(Cl)cc2)=N\N1. The maximum absolute atomic E-state index is 13.3. The standard InChI is InChI=1S/C24H29ClIN3O2/c1-2-3-4-5-20-16-29(15-17-6-12-21(30)13-7-17)23(31)14-22(26)24(28-27-20)18-8-10-19(25)11-9-18/h6-13,20,22,27,30H,2-5,14-16H2,1H3/b28-24-. The van der Waals surface area contributed by atoms with Crippen molar-refractivity contribution in [3.63, 3.8) is 0 Å². The Balaban J connectivity index is 1.84. The Hall–Kier alpha value is -1.80. The monoisotopic (exact) mass is 553 g/mol. The zero-order valence-electron chi connectivity index (χ0n) is 17.7. The second-order valence-corrected chi connectivity index (χ2v) is 9.88. The number of hydrogen-bond acceptors (Lipinski definition) is 4. The van der Waals surface area contributed by atoms with E-state index in [0.29, 0.717) is 24.5 Å². The summed E-state index contributed by atoms with van der Waals surface area (Å²) >= 11 is 8.37. The zero-order chi connectivity index (χ0) is 22.2. The molecule has 2 unspecified atom stereocenters. The number of hydrogen-bond donors (Lipinski definition) is 2. The summed E-state index contributed by atoms with van der Waals surface area (Å²) in [6.45, 7) is 3.31. The molecule has 0 saturated carbocycles. The van der Waals surface area contributed by atoms with Crippen LogP contribution in [-0.4, -0.2) is 38.1 Å². The van der Waals surface area contributed by atoms with E-state index in [-0.39, 0.29) is 21.6 Å². The normalized spacial score (nSPS) is 21.5. The van der Waals surface area contributed by atoms with Gasteiger partial charge in [-0.05, 0) is 41.8 Å². The number of unbranched alkanes of at least 4 members (excludes halogenated alkanes) is 2. The minimum atomic E-state index is -0.0597. The van der Waals surface area contributed by atoms with Gasteiger partial charge in [-0.2, -0.15) is 5.10 Å². The van der Waals surface area contributed by atoms with E-state index in [4.69, 9.17) is 16.7 Å². The van der Waals surface area contributed by atoms with Gasteiger partial charge in [0, 0.05) is 24.5 Å². The Labute approximate surface area is 203 Å². The van der Waals surface area contributed by atoms with Crippen molar-refractivity contribution >= 4 is 45.8 Å². The number of phenols is 1. The topological polar surface area (TPSA) is 64.9 Å². The second kappa shape index (κ2) is 11.7. The molecule has 0 spiro atoms. The molecule has 1 aliphatic heterocycles. The van der Waals surface area contributed by atoms with Crippen molar-refractivity contribution in [2.75, 3.05) is 6.54 Å². The first-order valence-corrected chi connectivity index (χ1v) is 12.4. The van der Waals surface area contributed by atoms with Crippen molar-refractivity contribution in [1.82, 2.24) is 10.3 Å². The number of halogens is 2. The summed E-state index contributed by atoms with van der Waals surface area (Å²) in [6.07, 6.45) is 4.74. The van der Waals surface area contributed by atoms with Gasteiger partial charge >= 0.3 is 0 Å². The van der Waals surface area contributed by atoms with E-state index < -0.39 is 0 Å². The van der Waals surface area contributed by atoms with Gasteiger partial charge in [0.2, 0.25) is 5.91 Å². The summed E-state index contributed by atoms with van der Waals surface area (Å²) in [6, 6.07) is 14.8. The van der Waals surface area contributed by atoms with Crippen LogP contribution in [0.25, 0.3) is 0 Å². The van der Waals surface area contributed by atoms with Crippen molar-refractivity contribution in [3.05, 3.63) is 64.7 Å².